The molecule has 4 heterocycles. The number of hydrogen-bond acceptors (Lipinski definition) is 32. The van der Waals surface area contributed by atoms with Crippen LogP contribution in [0.3, 0.4) is 0 Å². The lowest BCUT2D eigenvalue weighted by Crippen LogP contribution is -2.43. The van der Waals surface area contributed by atoms with E-state index in [0.717, 1.165) is 6.20 Å². The maximum atomic E-state index is 11.6. The summed E-state index contributed by atoms with van der Waals surface area (Å²) in [6, 6.07) is 0. The van der Waals surface area contributed by atoms with Crippen molar-refractivity contribution in [3.05, 3.63) is 48.1 Å². The van der Waals surface area contributed by atoms with Crippen LogP contribution in [0.15, 0.2) is 58.1 Å². The summed E-state index contributed by atoms with van der Waals surface area (Å²) in [5.41, 5.74) is 6.29. The highest BCUT2D eigenvalue weighted by molar-refractivity contribution is 7.65. The van der Waals surface area contributed by atoms with Gasteiger partial charge in [0, 0.05) is 42.7 Å². The molecule has 12 atom stereocenters. The van der Waals surface area contributed by atoms with Crippen molar-refractivity contribution in [3.8, 4) is 0 Å². The molecule has 39 heteroatoms. The molecule has 2 saturated heterocycles. The fourth-order valence-electron chi connectivity index (χ4n) is 5.18. The Labute approximate surface area is 353 Å². The van der Waals surface area contributed by atoms with Crippen LogP contribution in [0.5, 0.6) is 0 Å². The van der Waals surface area contributed by atoms with Gasteiger partial charge in [-0.25, -0.2) is 18.6 Å². The highest BCUT2D eigenvalue weighted by Gasteiger charge is 2.47. The molecule has 4 rings (SSSR count). The lowest BCUT2D eigenvalue weighted by Gasteiger charge is -2.37. The topological polar surface area (TPSA) is 537 Å². The first-order valence-corrected chi connectivity index (χ1v) is 25.3. The molecular formula is C24H34N6O27P6-8. The average Bonchev–Trinajstić information content (AvgIpc) is 3.52. The summed E-state index contributed by atoms with van der Waals surface area (Å²) < 4.78 is 98.1. The zero-order valence-corrected chi connectivity index (χ0v) is 37.0. The molecule has 0 radical (unpaired) electrons. The molecule has 63 heavy (non-hydrogen) atoms. The minimum absolute atomic E-state index is 0.0218. The van der Waals surface area contributed by atoms with Crippen molar-refractivity contribution in [2.45, 2.75) is 62.7 Å². The minimum atomic E-state index is -6.15. The molecule has 8 N–H and O–H groups in total. The molecule has 4 aliphatic rings. The Balaban J connectivity index is 0.000000335. The summed E-state index contributed by atoms with van der Waals surface area (Å²) in [4.78, 5) is 107. The lowest BCUT2D eigenvalue weighted by atomic mass is 10.00. The van der Waals surface area contributed by atoms with Crippen molar-refractivity contribution in [3.63, 3.8) is 0 Å². The number of hydrogen-bond donors (Lipinski definition) is 7. The second-order valence-electron chi connectivity index (χ2n) is 12.4. The Kier molecular flexibility index (Phi) is 18.5. The van der Waals surface area contributed by atoms with E-state index in [1.54, 1.807) is 6.92 Å². The number of rotatable bonds is 17. The normalized spacial score (nSPS) is 30.5. The number of carbonyl (C=O) groups is 1. The monoisotopic (exact) mass is 1020 g/mol. The Morgan fingerprint density at radius 1 is 0.778 bits per heavy atom. The van der Waals surface area contributed by atoms with Gasteiger partial charge in [0.1, 0.15) is 48.8 Å². The second-order valence-corrected chi connectivity index (χ2v) is 20.9. The SMILES string of the molecule is C=C1N=C(N)N(CC)C=C1C1OC(COP(=O)([O-])OP(=O)([O-])OP(=O)([O-])[O-])C(O)C1O.C=C1NC(NC(C)=O)=NC=C1C1OC(COP(=O)([O-])OP(=O)([O-])OP(=O)([O-])[O-])C(O)C1O. The Morgan fingerprint density at radius 2 is 1.21 bits per heavy atom. The predicted molar refractivity (Wildman–Crippen MR) is 186 cm³/mol. The van der Waals surface area contributed by atoms with E-state index >= 15 is 0 Å². The first-order valence-electron chi connectivity index (χ1n) is 16.5. The molecule has 1 amide bonds. The van der Waals surface area contributed by atoms with E-state index in [1.165, 1.54) is 18.0 Å². The van der Waals surface area contributed by atoms with Gasteiger partial charge in [-0.1, -0.05) is 13.2 Å². The molecule has 12 unspecified atom stereocenters. The summed E-state index contributed by atoms with van der Waals surface area (Å²) in [7, 11) is -36.1. The zero-order valence-electron chi connectivity index (χ0n) is 31.6. The summed E-state index contributed by atoms with van der Waals surface area (Å²) in [6.07, 6.45) is -9.62. The van der Waals surface area contributed by atoms with Gasteiger partial charge in [0.25, 0.3) is 31.3 Å². The van der Waals surface area contributed by atoms with Crippen LogP contribution in [-0.4, -0.2) is 112 Å². The van der Waals surface area contributed by atoms with Gasteiger partial charge in [0.05, 0.1) is 34.6 Å². The molecular weight excluding hydrogens is 990 g/mol. The number of amides is 1. The highest BCUT2D eigenvalue weighted by Crippen LogP contribution is 2.61. The molecule has 0 aromatic rings. The number of aliphatic imine (C=N–C) groups is 2. The second kappa shape index (κ2) is 21.1. The van der Waals surface area contributed by atoms with Crippen LogP contribution in [0.4, 0.5) is 0 Å². The standard InChI is InChI=1S/C12H20N3O14P3.C12H22N3O13P3/c1-5-7(3-13-12(14-5)15-6(2)16)11-10(18)9(17)8(27-11)4-26-31(22,23)29-32(24,25)28-30(19,20)21;1-3-15-4-7(6(2)14-12(15)13)11-10(17)9(16)8(26-11)5-25-30(21,22)28-31(23,24)27-29(18,19)20/h3,8-11,17-18H,1,4H2,2H3,(H,22,23)(H,24,25)(H2,19,20,21)(H2,13,14,15,16);4,8-11,16-17H,2-3,5H2,1H3,(H2,13,14)(H,21,22)(H,23,24)(H2,18,19,20)/p-8. The molecule has 33 nitrogen and oxygen atoms in total. The van der Waals surface area contributed by atoms with E-state index < -0.39 is 115 Å². The Morgan fingerprint density at radius 3 is 1.59 bits per heavy atom. The van der Waals surface area contributed by atoms with Gasteiger partial charge < -0.3 is 103 Å². The summed E-state index contributed by atoms with van der Waals surface area (Å²) in [5.74, 6) is -0.288. The number of aliphatic hydroxyl groups is 4. The zero-order chi connectivity index (χ0) is 48.3. The number of ether oxygens (including phenoxy) is 2. The van der Waals surface area contributed by atoms with Crippen molar-refractivity contribution in [2.24, 2.45) is 15.7 Å². The smallest absolute Gasteiger partial charge is 0.278 e. The summed E-state index contributed by atoms with van der Waals surface area (Å²) >= 11 is 0. The first kappa shape index (κ1) is 55.1. The molecule has 0 saturated carbocycles. The van der Waals surface area contributed by atoms with Crippen molar-refractivity contribution in [2.75, 3.05) is 19.8 Å². The molecule has 4 aliphatic heterocycles. The number of guanidine groups is 2. The highest BCUT2D eigenvalue weighted by atomic mass is 31.3. The number of phosphoric ester groups is 2. The van der Waals surface area contributed by atoms with Crippen LogP contribution in [0.2, 0.25) is 0 Å². The number of nitrogens with zero attached hydrogens (tertiary/aromatic N) is 3. The molecule has 0 aliphatic carbocycles. The maximum absolute atomic E-state index is 11.6. The van der Waals surface area contributed by atoms with Gasteiger partial charge >= 0.3 is 0 Å². The molecule has 0 aromatic heterocycles. The molecule has 2 fully saturated rings. The predicted octanol–water partition coefficient (Wildman–Crippen LogP) is -7.88. The number of nitrogens with one attached hydrogen (secondary N) is 2. The van der Waals surface area contributed by atoms with Gasteiger partial charge in [-0.05, 0) is 6.92 Å². The van der Waals surface area contributed by atoms with E-state index in [9.17, 15) is 91.8 Å². The summed E-state index contributed by atoms with van der Waals surface area (Å²) in [6.45, 7) is 8.56. The maximum Gasteiger partial charge on any atom is 0.278 e. The van der Waals surface area contributed by atoms with Crippen molar-refractivity contribution in [1.29, 1.82) is 0 Å². The van der Waals surface area contributed by atoms with Gasteiger partial charge in [-0.15, -0.1) is 0 Å². The third-order valence-corrected chi connectivity index (χ3v) is 15.0. The van der Waals surface area contributed by atoms with Crippen molar-refractivity contribution >= 4 is 64.8 Å². The van der Waals surface area contributed by atoms with Gasteiger partial charge in [0.2, 0.25) is 17.8 Å². The number of phosphoric acid groups is 6. The first-order chi connectivity index (χ1) is 28.5. The molecule has 360 valence electrons. The Bertz CT molecular complexity index is 2190. The fourth-order valence-corrected chi connectivity index (χ4v) is 10.9. The third kappa shape index (κ3) is 16.8. The third-order valence-electron chi connectivity index (χ3n) is 7.69. The summed E-state index contributed by atoms with van der Waals surface area (Å²) in [5, 5.41) is 45.6. The average molecular weight is 1020 g/mol. The fraction of sp³-hybridized carbons (Fsp3) is 0.542. The Hall–Kier alpha value is -2.25. The largest absolute Gasteiger partial charge is 0.790 e. The quantitative estimate of drug-likeness (QED) is 0.0665. The van der Waals surface area contributed by atoms with Crippen LogP contribution < -0.4 is 55.5 Å². The van der Waals surface area contributed by atoms with Crippen LogP contribution >= 0.6 is 46.9 Å². The molecule has 0 aromatic carbocycles. The van der Waals surface area contributed by atoms with E-state index in [1.807, 2.05) is 0 Å². The minimum Gasteiger partial charge on any atom is -0.790 e. The van der Waals surface area contributed by atoms with Crippen LogP contribution in [0.25, 0.3) is 0 Å². The van der Waals surface area contributed by atoms with Crippen molar-refractivity contribution in [1.82, 2.24) is 15.5 Å². The van der Waals surface area contributed by atoms with E-state index in [2.05, 4.69) is 60.1 Å². The van der Waals surface area contributed by atoms with Gasteiger partial charge in [-0.2, -0.15) is 0 Å². The van der Waals surface area contributed by atoms with Crippen LogP contribution in [0, 0.1) is 0 Å². The number of carbonyl (C=O) groups excluding carboxylic acids is 1. The lowest BCUT2D eigenvalue weighted by molar-refractivity contribution is -0.342. The number of nitrogens with two attached hydrogens (primary N) is 1. The number of aliphatic hydroxyl groups excluding tert-OH is 4. The molecule has 0 bridgehead atoms. The van der Waals surface area contributed by atoms with Gasteiger partial charge in [-0.3, -0.25) is 37.0 Å². The van der Waals surface area contributed by atoms with E-state index in [-0.39, 0.29) is 34.5 Å². The molecule has 0 spiro atoms. The van der Waals surface area contributed by atoms with Crippen LogP contribution in [0.1, 0.15) is 13.8 Å². The van der Waals surface area contributed by atoms with Crippen LogP contribution in [-0.2, 0) is 67.9 Å². The van der Waals surface area contributed by atoms with Crippen molar-refractivity contribution < 1.29 is 128 Å². The van der Waals surface area contributed by atoms with E-state index in [4.69, 9.17) is 15.2 Å². The van der Waals surface area contributed by atoms with Gasteiger partial charge in [0.15, 0.2) is 0 Å². The van der Waals surface area contributed by atoms with E-state index in [0.29, 0.717) is 6.54 Å².